The standard InChI is InChI=1S/C43H38BN3O2/c1-7-14-33-28(8-2)23-25-38-39(33)35-27-32(44-48-42(3,4)43(5,6)49-44)24-26-37(35)47(38)41-45-36-18-13-12-17-34(36)40(46-41)31-21-19-30(20-22-31)29-15-10-9-11-16-29/h7-27H,1H2,2-6H3/b28-8-,33-14+. The van der Waals surface area contributed by atoms with E-state index in [2.05, 4.69) is 149 Å². The summed E-state index contributed by atoms with van der Waals surface area (Å²) in [6.07, 6.45) is 6.08. The first kappa shape index (κ1) is 31.0. The molecule has 0 unspecified atom stereocenters. The average Bonchev–Trinajstić information content (AvgIpc) is 3.56. The molecule has 1 aliphatic rings. The first-order chi connectivity index (χ1) is 23.7. The number of hydrogen-bond donors (Lipinski definition) is 0. The number of rotatable bonds is 5. The highest BCUT2D eigenvalue weighted by atomic mass is 16.7. The lowest BCUT2D eigenvalue weighted by molar-refractivity contribution is 0.00578. The van der Waals surface area contributed by atoms with Gasteiger partial charge in [-0.05, 0) is 79.8 Å². The van der Waals surface area contributed by atoms with E-state index in [1.807, 2.05) is 24.3 Å². The predicted molar refractivity (Wildman–Crippen MR) is 205 cm³/mol. The second-order valence-electron chi connectivity index (χ2n) is 13.7. The van der Waals surface area contributed by atoms with Gasteiger partial charge in [-0.1, -0.05) is 116 Å². The maximum absolute atomic E-state index is 6.49. The van der Waals surface area contributed by atoms with E-state index in [0.29, 0.717) is 5.95 Å². The summed E-state index contributed by atoms with van der Waals surface area (Å²) in [4.78, 5) is 10.5. The first-order valence-corrected chi connectivity index (χ1v) is 16.8. The van der Waals surface area contributed by atoms with Gasteiger partial charge >= 0.3 is 7.12 Å². The molecule has 0 radical (unpaired) electrons. The van der Waals surface area contributed by atoms with Crippen molar-refractivity contribution in [1.29, 1.82) is 0 Å². The minimum absolute atomic E-state index is 0.443. The van der Waals surface area contributed by atoms with Gasteiger partial charge in [-0.15, -0.1) is 0 Å². The second-order valence-corrected chi connectivity index (χ2v) is 13.7. The van der Waals surface area contributed by atoms with E-state index in [1.54, 1.807) is 0 Å². The Kier molecular flexibility index (Phi) is 7.40. The van der Waals surface area contributed by atoms with Gasteiger partial charge in [0.1, 0.15) is 0 Å². The molecule has 0 spiro atoms. The van der Waals surface area contributed by atoms with Gasteiger partial charge in [0, 0.05) is 21.7 Å². The molecule has 0 saturated carbocycles. The maximum Gasteiger partial charge on any atom is 0.494 e. The van der Waals surface area contributed by atoms with Crippen LogP contribution in [0.15, 0.2) is 122 Å². The zero-order chi connectivity index (χ0) is 33.9. The number of allylic oxidation sites excluding steroid dienone is 1. The molecule has 6 heteroatoms. The first-order valence-electron chi connectivity index (χ1n) is 16.8. The molecule has 5 aromatic carbocycles. The summed E-state index contributed by atoms with van der Waals surface area (Å²) in [5, 5.41) is 5.42. The molecule has 49 heavy (non-hydrogen) atoms. The Bertz CT molecular complexity index is 2520. The molecule has 0 N–H and O–H groups in total. The van der Waals surface area contributed by atoms with Gasteiger partial charge in [-0.3, -0.25) is 4.57 Å². The highest BCUT2D eigenvalue weighted by Gasteiger charge is 2.51. The van der Waals surface area contributed by atoms with Gasteiger partial charge in [0.25, 0.3) is 0 Å². The quantitative estimate of drug-likeness (QED) is 0.179. The van der Waals surface area contributed by atoms with E-state index in [4.69, 9.17) is 19.3 Å². The fraction of sp³-hybridized carbons (Fsp3) is 0.163. The lowest BCUT2D eigenvalue weighted by Gasteiger charge is -2.32. The predicted octanol–water partition coefficient (Wildman–Crippen LogP) is 8.13. The molecular weight excluding hydrogens is 601 g/mol. The number of benzene rings is 5. The van der Waals surface area contributed by atoms with Crippen molar-refractivity contribution in [3.63, 3.8) is 0 Å². The van der Waals surface area contributed by atoms with Crippen LogP contribution in [0.1, 0.15) is 34.6 Å². The van der Waals surface area contributed by atoms with Crippen LogP contribution in [0, 0.1) is 0 Å². The summed E-state index contributed by atoms with van der Waals surface area (Å²) in [5.74, 6) is 0.613. The number of aromatic nitrogens is 3. The smallest absolute Gasteiger partial charge is 0.399 e. The van der Waals surface area contributed by atoms with Crippen molar-refractivity contribution in [2.24, 2.45) is 0 Å². The van der Waals surface area contributed by atoms with E-state index >= 15 is 0 Å². The summed E-state index contributed by atoms with van der Waals surface area (Å²) in [7, 11) is -0.483. The summed E-state index contributed by atoms with van der Waals surface area (Å²) in [6, 6.07) is 38.1. The molecule has 1 fully saturated rings. The van der Waals surface area contributed by atoms with E-state index in [1.165, 1.54) is 5.56 Å². The van der Waals surface area contributed by atoms with Crippen LogP contribution >= 0.6 is 0 Å². The van der Waals surface area contributed by atoms with Gasteiger partial charge in [0.2, 0.25) is 5.95 Å². The van der Waals surface area contributed by atoms with E-state index < -0.39 is 18.3 Å². The summed E-state index contributed by atoms with van der Waals surface area (Å²) in [6.45, 7) is 14.5. The van der Waals surface area contributed by atoms with Crippen molar-refractivity contribution in [2.45, 2.75) is 45.8 Å². The fourth-order valence-corrected chi connectivity index (χ4v) is 6.90. The minimum Gasteiger partial charge on any atom is -0.399 e. The van der Waals surface area contributed by atoms with Crippen LogP contribution in [-0.4, -0.2) is 32.9 Å². The monoisotopic (exact) mass is 639 g/mol. The summed E-state index contributed by atoms with van der Waals surface area (Å²) >= 11 is 0. The van der Waals surface area contributed by atoms with Crippen LogP contribution in [0.25, 0.3) is 73.2 Å². The summed E-state index contributed by atoms with van der Waals surface area (Å²) in [5.41, 5.74) is 7.26. The molecule has 0 atom stereocenters. The zero-order valence-corrected chi connectivity index (χ0v) is 28.6. The molecule has 1 aliphatic heterocycles. The van der Waals surface area contributed by atoms with Crippen molar-refractivity contribution in [3.05, 3.63) is 132 Å². The van der Waals surface area contributed by atoms with Crippen LogP contribution in [0.2, 0.25) is 0 Å². The van der Waals surface area contributed by atoms with E-state index in [0.717, 1.165) is 65.4 Å². The highest BCUT2D eigenvalue weighted by molar-refractivity contribution is 6.62. The molecule has 5 nitrogen and oxygen atoms in total. The zero-order valence-electron chi connectivity index (χ0n) is 28.6. The molecule has 240 valence electrons. The number of para-hydroxylation sites is 1. The Morgan fingerprint density at radius 1 is 0.694 bits per heavy atom. The van der Waals surface area contributed by atoms with Gasteiger partial charge in [0.15, 0.2) is 0 Å². The average molecular weight is 640 g/mol. The topological polar surface area (TPSA) is 49.2 Å². The van der Waals surface area contributed by atoms with Crippen molar-refractivity contribution in [3.8, 4) is 28.3 Å². The Morgan fingerprint density at radius 2 is 1.35 bits per heavy atom. The van der Waals surface area contributed by atoms with E-state index in [-0.39, 0.29) is 0 Å². The molecule has 0 amide bonds. The van der Waals surface area contributed by atoms with Crippen molar-refractivity contribution >= 4 is 57.4 Å². The number of nitrogens with zero attached hydrogens (tertiary/aromatic N) is 3. The van der Waals surface area contributed by atoms with E-state index in [9.17, 15) is 0 Å². The molecule has 8 rings (SSSR count). The molecule has 0 bridgehead atoms. The van der Waals surface area contributed by atoms with Crippen LogP contribution in [0.3, 0.4) is 0 Å². The fourth-order valence-electron chi connectivity index (χ4n) is 6.90. The Hall–Kier alpha value is -5.30. The third-order valence-electron chi connectivity index (χ3n) is 10.2. The molecule has 2 aromatic heterocycles. The normalized spacial score (nSPS) is 16.3. The molecule has 7 aromatic rings. The third kappa shape index (κ3) is 5.11. The van der Waals surface area contributed by atoms with Gasteiger partial charge in [-0.2, -0.15) is 0 Å². The van der Waals surface area contributed by atoms with Crippen molar-refractivity contribution in [2.75, 3.05) is 0 Å². The van der Waals surface area contributed by atoms with Crippen LogP contribution in [0.4, 0.5) is 0 Å². The Balaban J connectivity index is 1.38. The second kappa shape index (κ2) is 11.7. The lowest BCUT2D eigenvalue weighted by Crippen LogP contribution is -2.41. The number of hydrogen-bond acceptors (Lipinski definition) is 4. The number of fused-ring (bicyclic) bond motifs is 4. The molecule has 3 heterocycles. The Labute approximate surface area is 287 Å². The molecule has 0 aliphatic carbocycles. The van der Waals surface area contributed by atoms with Crippen LogP contribution < -0.4 is 15.9 Å². The maximum atomic E-state index is 6.49. The van der Waals surface area contributed by atoms with Crippen molar-refractivity contribution < 1.29 is 9.31 Å². The third-order valence-corrected chi connectivity index (χ3v) is 10.2. The largest absolute Gasteiger partial charge is 0.494 e. The van der Waals surface area contributed by atoms with Crippen LogP contribution in [0.5, 0.6) is 0 Å². The van der Waals surface area contributed by atoms with Crippen LogP contribution in [-0.2, 0) is 9.31 Å². The molecule has 1 saturated heterocycles. The lowest BCUT2D eigenvalue weighted by atomic mass is 9.78. The van der Waals surface area contributed by atoms with Gasteiger partial charge in [-0.25, -0.2) is 9.97 Å². The Morgan fingerprint density at radius 3 is 2.06 bits per heavy atom. The molecular formula is C43H38BN3O2. The van der Waals surface area contributed by atoms with Crippen molar-refractivity contribution in [1.82, 2.24) is 14.5 Å². The SMILES string of the molecule is C=C/C=c1\c(=C/C)ccc2c1c1cc(B3OC(C)(C)C(C)(C)O3)ccc1n2-c1nc(-c2ccc(-c3ccccc3)cc2)c2ccccc2n1. The highest BCUT2D eigenvalue weighted by Crippen LogP contribution is 2.38. The van der Waals surface area contributed by atoms with Gasteiger partial charge in [0.05, 0.1) is 33.4 Å². The van der Waals surface area contributed by atoms with Gasteiger partial charge < -0.3 is 9.31 Å². The summed E-state index contributed by atoms with van der Waals surface area (Å²) < 4.78 is 15.2. The minimum atomic E-state index is -0.483.